The third-order valence-electron chi connectivity index (χ3n) is 3.57. The van der Waals surface area contributed by atoms with E-state index in [0.717, 1.165) is 51.5 Å². The van der Waals surface area contributed by atoms with Crippen molar-refractivity contribution in [2.24, 2.45) is 16.6 Å². The Morgan fingerprint density at radius 2 is 2.25 bits per heavy atom. The Morgan fingerprint density at radius 3 is 3.00 bits per heavy atom. The number of nitrogens with two attached hydrogens (primary N) is 1. The SMILES string of the molecule is CC(C)CN1C(N)=NCC12CCCOCC2. The van der Waals surface area contributed by atoms with Crippen molar-refractivity contribution in [3.05, 3.63) is 0 Å². The molecular weight excluding hydrogens is 202 g/mol. The molecule has 2 N–H and O–H groups in total. The van der Waals surface area contributed by atoms with E-state index in [1.807, 2.05) is 0 Å². The molecule has 0 bridgehead atoms. The van der Waals surface area contributed by atoms with Gasteiger partial charge in [-0.2, -0.15) is 0 Å². The molecule has 4 nitrogen and oxygen atoms in total. The zero-order chi connectivity index (χ0) is 11.6. The van der Waals surface area contributed by atoms with Crippen molar-refractivity contribution in [2.75, 3.05) is 26.3 Å². The van der Waals surface area contributed by atoms with E-state index in [0.29, 0.717) is 5.92 Å². The molecular formula is C12H23N3O. The highest BCUT2D eigenvalue weighted by Gasteiger charge is 2.42. The number of nitrogens with zero attached hydrogens (tertiary/aromatic N) is 2. The van der Waals surface area contributed by atoms with Crippen molar-refractivity contribution >= 4 is 5.96 Å². The minimum atomic E-state index is 0.158. The molecule has 2 heterocycles. The van der Waals surface area contributed by atoms with E-state index < -0.39 is 0 Å². The van der Waals surface area contributed by atoms with Crippen LogP contribution in [0.1, 0.15) is 33.1 Å². The van der Waals surface area contributed by atoms with Gasteiger partial charge in [-0.1, -0.05) is 13.8 Å². The molecule has 0 aliphatic carbocycles. The molecule has 92 valence electrons. The van der Waals surface area contributed by atoms with Crippen molar-refractivity contribution in [2.45, 2.75) is 38.6 Å². The van der Waals surface area contributed by atoms with Gasteiger partial charge in [0.05, 0.1) is 12.1 Å². The Labute approximate surface area is 97.9 Å². The first kappa shape index (κ1) is 11.7. The van der Waals surface area contributed by atoms with Gasteiger partial charge in [-0.05, 0) is 25.2 Å². The van der Waals surface area contributed by atoms with Crippen molar-refractivity contribution in [3.63, 3.8) is 0 Å². The summed E-state index contributed by atoms with van der Waals surface area (Å²) in [6.07, 6.45) is 3.34. The molecule has 0 aromatic heterocycles. The highest BCUT2D eigenvalue weighted by molar-refractivity contribution is 5.81. The quantitative estimate of drug-likeness (QED) is 0.768. The van der Waals surface area contributed by atoms with Crippen LogP contribution in [-0.4, -0.2) is 42.7 Å². The summed E-state index contributed by atoms with van der Waals surface area (Å²) in [6.45, 7) is 8.05. The van der Waals surface area contributed by atoms with Gasteiger partial charge in [-0.25, -0.2) is 0 Å². The van der Waals surface area contributed by atoms with E-state index in [-0.39, 0.29) is 5.54 Å². The summed E-state index contributed by atoms with van der Waals surface area (Å²) in [6, 6.07) is 0. The smallest absolute Gasteiger partial charge is 0.191 e. The largest absolute Gasteiger partial charge is 0.381 e. The zero-order valence-electron chi connectivity index (χ0n) is 10.4. The van der Waals surface area contributed by atoms with Gasteiger partial charge in [0.15, 0.2) is 5.96 Å². The van der Waals surface area contributed by atoms with E-state index in [2.05, 4.69) is 23.7 Å². The number of guanidine groups is 1. The molecule has 1 unspecified atom stereocenters. The van der Waals surface area contributed by atoms with E-state index in [1.165, 1.54) is 0 Å². The fraction of sp³-hybridized carbons (Fsp3) is 0.917. The summed E-state index contributed by atoms with van der Waals surface area (Å²) in [5.74, 6) is 1.35. The zero-order valence-corrected chi connectivity index (χ0v) is 10.4. The van der Waals surface area contributed by atoms with Gasteiger partial charge in [-0.15, -0.1) is 0 Å². The van der Waals surface area contributed by atoms with E-state index in [9.17, 15) is 0 Å². The lowest BCUT2D eigenvalue weighted by Crippen LogP contribution is -2.53. The summed E-state index contributed by atoms with van der Waals surface area (Å²) < 4.78 is 5.55. The van der Waals surface area contributed by atoms with Gasteiger partial charge >= 0.3 is 0 Å². The standard InChI is InChI=1S/C12H23N3O/c1-10(2)8-15-11(13)14-9-12(15)4-3-6-16-7-5-12/h10H,3-9H2,1-2H3,(H2,13,14). The summed E-state index contributed by atoms with van der Waals surface area (Å²) in [4.78, 5) is 6.78. The van der Waals surface area contributed by atoms with Gasteiger partial charge in [0.2, 0.25) is 0 Å². The van der Waals surface area contributed by atoms with Crippen molar-refractivity contribution in [1.29, 1.82) is 0 Å². The number of ether oxygens (including phenoxy) is 1. The summed E-state index contributed by atoms with van der Waals surface area (Å²) >= 11 is 0. The van der Waals surface area contributed by atoms with Crippen LogP contribution < -0.4 is 5.73 Å². The Morgan fingerprint density at radius 1 is 1.44 bits per heavy atom. The molecule has 0 saturated carbocycles. The van der Waals surface area contributed by atoms with Crippen LogP contribution in [-0.2, 0) is 4.74 Å². The second-order valence-corrected chi connectivity index (χ2v) is 5.37. The van der Waals surface area contributed by atoms with Crippen LogP contribution in [0, 0.1) is 5.92 Å². The topological polar surface area (TPSA) is 50.8 Å². The molecule has 2 aliphatic heterocycles. The Bertz CT molecular complexity index is 267. The predicted molar refractivity (Wildman–Crippen MR) is 65.4 cm³/mol. The molecule has 1 spiro atoms. The maximum absolute atomic E-state index is 6.02. The normalized spacial score (nSPS) is 30.9. The minimum Gasteiger partial charge on any atom is -0.381 e. The third kappa shape index (κ3) is 2.17. The van der Waals surface area contributed by atoms with Crippen LogP contribution in [0.4, 0.5) is 0 Å². The van der Waals surface area contributed by atoms with Crippen molar-refractivity contribution in [1.82, 2.24) is 4.90 Å². The first-order chi connectivity index (χ1) is 7.64. The number of hydrogen-bond donors (Lipinski definition) is 1. The van der Waals surface area contributed by atoms with E-state index in [1.54, 1.807) is 0 Å². The lowest BCUT2D eigenvalue weighted by molar-refractivity contribution is 0.118. The van der Waals surface area contributed by atoms with Crippen LogP contribution in [0.15, 0.2) is 4.99 Å². The second kappa shape index (κ2) is 4.62. The van der Waals surface area contributed by atoms with Crippen LogP contribution in [0.3, 0.4) is 0 Å². The maximum atomic E-state index is 6.02. The summed E-state index contributed by atoms with van der Waals surface area (Å²) in [5, 5.41) is 0. The van der Waals surface area contributed by atoms with E-state index >= 15 is 0 Å². The van der Waals surface area contributed by atoms with Gasteiger partial charge in [-0.3, -0.25) is 4.99 Å². The van der Waals surface area contributed by atoms with Crippen molar-refractivity contribution in [3.8, 4) is 0 Å². The summed E-state index contributed by atoms with van der Waals surface area (Å²) in [7, 11) is 0. The highest BCUT2D eigenvalue weighted by Crippen LogP contribution is 2.32. The molecule has 1 saturated heterocycles. The Hall–Kier alpha value is -0.770. The summed E-state index contributed by atoms with van der Waals surface area (Å²) in [5.41, 5.74) is 6.18. The Balaban J connectivity index is 2.12. The third-order valence-corrected chi connectivity index (χ3v) is 3.57. The van der Waals surface area contributed by atoms with Gasteiger partial charge in [0, 0.05) is 19.8 Å². The minimum absolute atomic E-state index is 0.158. The molecule has 16 heavy (non-hydrogen) atoms. The lowest BCUT2D eigenvalue weighted by atomic mass is 9.89. The predicted octanol–water partition coefficient (Wildman–Crippen LogP) is 1.21. The average molecular weight is 225 g/mol. The van der Waals surface area contributed by atoms with Crippen LogP contribution in [0.2, 0.25) is 0 Å². The number of aliphatic imine (C=N–C) groups is 1. The maximum Gasteiger partial charge on any atom is 0.191 e. The monoisotopic (exact) mass is 225 g/mol. The molecule has 1 atom stereocenters. The fourth-order valence-electron chi connectivity index (χ4n) is 2.71. The first-order valence-electron chi connectivity index (χ1n) is 6.29. The van der Waals surface area contributed by atoms with E-state index in [4.69, 9.17) is 10.5 Å². The number of hydrogen-bond acceptors (Lipinski definition) is 4. The first-order valence-corrected chi connectivity index (χ1v) is 6.29. The van der Waals surface area contributed by atoms with Gasteiger partial charge in [0.25, 0.3) is 0 Å². The van der Waals surface area contributed by atoms with Crippen molar-refractivity contribution < 1.29 is 4.74 Å². The van der Waals surface area contributed by atoms with Gasteiger partial charge in [0.1, 0.15) is 0 Å². The van der Waals surface area contributed by atoms with Crippen LogP contribution in [0.25, 0.3) is 0 Å². The molecule has 0 aromatic carbocycles. The fourth-order valence-corrected chi connectivity index (χ4v) is 2.71. The molecule has 1 fully saturated rings. The average Bonchev–Trinajstić information content (AvgIpc) is 2.44. The molecule has 4 heteroatoms. The highest BCUT2D eigenvalue weighted by atomic mass is 16.5. The van der Waals surface area contributed by atoms with Crippen LogP contribution >= 0.6 is 0 Å². The number of rotatable bonds is 2. The molecule has 0 radical (unpaired) electrons. The lowest BCUT2D eigenvalue weighted by Gasteiger charge is -2.39. The molecule has 0 aromatic rings. The molecule has 0 amide bonds. The van der Waals surface area contributed by atoms with Gasteiger partial charge < -0.3 is 15.4 Å². The molecule has 2 rings (SSSR count). The Kier molecular flexibility index (Phi) is 3.38. The second-order valence-electron chi connectivity index (χ2n) is 5.37. The molecule has 2 aliphatic rings. The van der Waals surface area contributed by atoms with Crippen LogP contribution in [0.5, 0.6) is 0 Å².